The van der Waals surface area contributed by atoms with Crippen molar-refractivity contribution in [3.8, 4) is 0 Å². The van der Waals surface area contributed by atoms with Gasteiger partial charge in [0.15, 0.2) is 0 Å². The van der Waals surface area contributed by atoms with E-state index in [1.165, 1.54) is 25.7 Å². The van der Waals surface area contributed by atoms with Gasteiger partial charge in [0.05, 0.1) is 6.10 Å². The van der Waals surface area contributed by atoms with Crippen molar-refractivity contribution in [1.82, 2.24) is 5.32 Å². The molecule has 2 saturated carbocycles. The average Bonchev–Trinajstić information content (AvgIpc) is 2.84. The molecule has 0 radical (unpaired) electrons. The van der Waals surface area contributed by atoms with Gasteiger partial charge in [-0.15, -0.1) is 0 Å². The van der Waals surface area contributed by atoms with Crippen molar-refractivity contribution in [2.45, 2.75) is 76.9 Å². The molecule has 0 heterocycles. The Hall–Kier alpha value is -0.610. The van der Waals surface area contributed by atoms with Gasteiger partial charge in [-0.1, -0.05) is 33.1 Å². The lowest BCUT2D eigenvalue weighted by atomic mass is 9.84. The number of ether oxygens (including phenoxy) is 1. The molecular weight excluding hydrogens is 266 g/mol. The van der Waals surface area contributed by atoms with Crippen LogP contribution in [0.5, 0.6) is 0 Å². The molecule has 4 heteroatoms. The van der Waals surface area contributed by atoms with Gasteiger partial charge in [0.1, 0.15) is 5.54 Å². The molecule has 0 bridgehead atoms. The van der Waals surface area contributed by atoms with Crippen LogP contribution in [0.3, 0.4) is 0 Å². The zero-order chi connectivity index (χ0) is 15.3. The molecule has 0 aromatic heterocycles. The van der Waals surface area contributed by atoms with E-state index < -0.39 is 11.5 Å². The van der Waals surface area contributed by atoms with Crippen molar-refractivity contribution in [1.29, 1.82) is 0 Å². The molecule has 4 unspecified atom stereocenters. The van der Waals surface area contributed by atoms with Crippen molar-refractivity contribution in [2.75, 3.05) is 13.2 Å². The fourth-order valence-corrected chi connectivity index (χ4v) is 4.28. The third-order valence-corrected chi connectivity index (χ3v) is 5.40. The summed E-state index contributed by atoms with van der Waals surface area (Å²) in [4.78, 5) is 11.7. The van der Waals surface area contributed by atoms with Crippen LogP contribution in [0, 0.1) is 11.8 Å². The van der Waals surface area contributed by atoms with Crippen molar-refractivity contribution in [3.63, 3.8) is 0 Å². The van der Waals surface area contributed by atoms with Crippen LogP contribution in [0.25, 0.3) is 0 Å². The molecule has 2 aliphatic rings. The van der Waals surface area contributed by atoms with Crippen LogP contribution in [0.1, 0.15) is 65.2 Å². The molecule has 0 aromatic carbocycles. The van der Waals surface area contributed by atoms with E-state index in [4.69, 9.17) is 4.74 Å². The van der Waals surface area contributed by atoms with E-state index >= 15 is 0 Å². The zero-order valence-corrected chi connectivity index (χ0v) is 13.6. The molecule has 2 N–H and O–H groups in total. The smallest absolute Gasteiger partial charge is 0.324 e. The number of likely N-dealkylation sites (N-methyl/N-ethyl adjacent to an activating group) is 1. The maximum absolute atomic E-state index is 11.7. The first-order valence-electron chi connectivity index (χ1n) is 8.68. The predicted molar refractivity (Wildman–Crippen MR) is 83.4 cm³/mol. The minimum absolute atomic E-state index is 0.205. The topological polar surface area (TPSA) is 58.6 Å². The van der Waals surface area contributed by atoms with Crippen molar-refractivity contribution < 1.29 is 14.6 Å². The summed E-state index contributed by atoms with van der Waals surface area (Å²) in [5.74, 6) is 0.296. The molecular formula is C17H31NO3. The average molecular weight is 297 g/mol. The zero-order valence-electron chi connectivity index (χ0n) is 13.6. The highest BCUT2D eigenvalue weighted by Crippen LogP contribution is 2.38. The first-order valence-corrected chi connectivity index (χ1v) is 8.68. The molecule has 0 saturated heterocycles. The number of rotatable bonds is 7. The molecule has 0 spiro atoms. The molecule has 4 atom stereocenters. The summed E-state index contributed by atoms with van der Waals surface area (Å²) < 4.78 is 6.05. The van der Waals surface area contributed by atoms with Gasteiger partial charge in [0.2, 0.25) is 0 Å². The fraction of sp³-hybridized carbons (Fsp3) is 0.941. The normalized spacial score (nSPS) is 36.8. The first-order chi connectivity index (χ1) is 10.1. The lowest BCUT2D eigenvalue weighted by Crippen LogP contribution is -2.55. The molecule has 4 nitrogen and oxygen atoms in total. The van der Waals surface area contributed by atoms with Crippen molar-refractivity contribution in [3.05, 3.63) is 0 Å². The van der Waals surface area contributed by atoms with Gasteiger partial charge in [-0.25, -0.2) is 0 Å². The number of nitrogens with one attached hydrogen (secondary N) is 1. The van der Waals surface area contributed by atoms with Crippen LogP contribution in [-0.4, -0.2) is 35.9 Å². The molecule has 2 rings (SSSR count). The largest absolute Gasteiger partial charge is 0.480 e. The van der Waals surface area contributed by atoms with E-state index in [9.17, 15) is 9.90 Å². The van der Waals surface area contributed by atoms with Gasteiger partial charge in [-0.2, -0.15) is 0 Å². The number of carboxylic acid groups (broad SMARTS) is 1. The molecule has 2 aliphatic carbocycles. The summed E-state index contributed by atoms with van der Waals surface area (Å²) in [7, 11) is 0. The van der Waals surface area contributed by atoms with E-state index in [0.29, 0.717) is 19.3 Å². The Labute approximate surface area is 128 Å². The summed E-state index contributed by atoms with van der Waals surface area (Å²) in [5, 5.41) is 12.9. The van der Waals surface area contributed by atoms with Crippen LogP contribution in [-0.2, 0) is 9.53 Å². The van der Waals surface area contributed by atoms with E-state index in [-0.39, 0.29) is 5.92 Å². The second kappa shape index (κ2) is 7.59. The van der Waals surface area contributed by atoms with E-state index in [2.05, 4.69) is 12.2 Å². The Morgan fingerprint density at radius 1 is 1.33 bits per heavy atom. The van der Waals surface area contributed by atoms with Crippen molar-refractivity contribution in [2.24, 2.45) is 11.8 Å². The highest BCUT2D eigenvalue weighted by molar-refractivity contribution is 5.79. The minimum atomic E-state index is -0.710. The monoisotopic (exact) mass is 297 g/mol. The van der Waals surface area contributed by atoms with Gasteiger partial charge in [0, 0.05) is 6.61 Å². The van der Waals surface area contributed by atoms with Crippen LogP contribution < -0.4 is 5.32 Å². The van der Waals surface area contributed by atoms with Crippen LogP contribution in [0.2, 0.25) is 0 Å². The number of aliphatic carboxylic acids is 1. The maximum atomic E-state index is 11.7. The maximum Gasteiger partial charge on any atom is 0.324 e. The minimum Gasteiger partial charge on any atom is -0.480 e. The fourth-order valence-electron chi connectivity index (χ4n) is 4.28. The number of hydrogen-bond acceptors (Lipinski definition) is 3. The van der Waals surface area contributed by atoms with Gasteiger partial charge >= 0.3 is 5.97 Å². The Kier molecular flexibility index (Phi) is 6.06. The highest BCUT2D eigenvalue weighted by atomic mass is 16.5. The molecule has 0 amide bonds. The molecule has 122 valence electrons. The summed E-state index contributed by atoms with van der Waals surface area (Å²) in [6.45, 7) is 5.71. The van der Waals surface area contributed by atoms with Gasteiger partial charge in [0.25, 0.3) is 0 Å². The van der Waals surface area contributed by atoms with Crippen LogP contribution >= 0.6 is 0 Å². The summed E-state index contributed by atoms with van der Waals surface area (Å²) in [5.41, 5.74) is -0.710. The molecule has 21 heavy (non-hydrogen) atoms. The lowest BCUT2D eigenvalue weighted by molar-refractivity contribution is -0.147. The van der Waals surface area contributed by atoms with Gasteiger partial charge < -0.3 is 15.2 Å². The second-order valence-electron chi connectivity index (χ2n) is 6.95. The third-order valence-electron chi connectivity index (χ3n) is 5.40. The van der Waals surface area contributed by atoms with Gasteiger partial charge in [-0.3, -0.25) is 4.79 Å². The Morgan fingerprint density at radius 3 is 2.81 bits per heavy atom. The third kappa shape index (κ3) is 3.98. The van der Waals surface area contributed by atoms with Crippen LogP contribution in [0.15, 0.2) is 0 Å². The predicted octanol–water partition coefficient (Wildman–Crippen LogP) is 3.20. The Bertz CT molecular complexity index is 347. The summed E-state index contributed by atoms with van der Waals surface area (Å²) in [6.07, 6.45) is 8.96. The number of hydrogen-bond donors (Lipinski definition) is 2. The molecule has 0 aromatic rings. The Morgan fingerprint density at radius 2 is 2.14 bits per heavy atom. The number of carbonyl (C=O) groups is 1. The van der Waals surface area contributed by atoms with E-state index in [1.54, 1.807) is 0 Å². The lowest BCUT2D eigenvalue weighted by Gasteiger charge is -2.33. The Balaban J connectivity index is 1.82. The number of carboxylic acids is 1. The quantitative estimate of drug-likeness (QED) is 0.757. The molecule has 0 aliphatic heterocycles. The van der Waals surface area contributed by atoms with E-state index in [0.717, 1.165) is 31.6 Å². The second-order valence-corrected chi connectivity index (χ2v) is 6.95. The molecule has 2 fully saturated rings. The summed E-state index contributed by atoms with van der Waals surface area (Å²) >= 11 is 0. The van der Waals surface area contributed by atoms with Gasteiger partial charge in [-0.05, 0) is 50.5 Å². The standard InChI is InChI=1S/C17H31NO3/c1-3-18-17(16(19)20)10-5-7-14(17)9-11-21-15-8-4-6-13(2)12-15/h13-15,18H,3-12H2,1-2H3,(H,19,20). The van der Waals surface area contributed by atoms with Crippen LogP contribution in [0.4, 0.5) is 0 Å². The first kappa shape index (κ1) is 16.8. The van der Waals surface area contributed by atoms with Crippen molar-refractivity contribution >= 4 is 5.97 Å². The van der Waals surface area contributed by atoms with E-state index in [1.807, 2.05) is 6.92 Å². The summed E-state index contributed by atoms with van der Waals surface area (Å²) in [6, 6.07) is 0. The highest BCUT2D eigenvalue weighted by Gasteiger charge is 2.48. The SMILES string of the molecule is CCNC1(C(=O)O)CCCC1CCOC1CCCC(C)C1.